The Balaban J connectivity index is 2.38. The van der Waals surface area contributed by atoms with E-state index < -0.39 is 27.8 Å². The number of aromatic hydroxyl groups is 1. The second-order valence-corrected chi connectivity index (χ2v) is 7.90. The number of esters is 1. The van der Waals surface area contributed by atoms with Crippen molar-refractivity contribution in [1.29, 1.82) is 0 Å². The second kappa shape index (κ2) is 8.55. The van der Waals surface area contributed by atoms with Gasteiger partial charge in [0.05, 0.1) is 30.0 Å². The highest BCUT2D eigenvalue weighted by Gasteiger charge is 2.21. The van der Waals surface area contributed by atoms with Crippen molar-refractivity contribution < 1.29 is 28.2 Å². The molecule has 0 saturated carbocycles. The molecule has 0 aliphatic rings. The summed E-state index contributed by atoms with van der Waals surface area (Å²) in [4.78, 5) is 15.3. The molecule has 3 N–H and O–H groups in total. The highest BCUT2D eigenvalue weighted by atomic mass is 35.5. The fraction of sp³-hybridized carbons (Fsp3) is 0.294. The summed E-state index contributed by atoms with van der Waals surface area (Å²) in [5.41, 5.74) is 0.489. The van der Waals surface area contributed by atoms with Gasteiger partial charge in [-0.3, -0.25) is 4.72 Å². The maximum atomic E-state index is 12.7. The summed E-state index contributed by atoms with van der Waals surface area (Å²) in [6.45, 7) is 1.62. The minimum Gasteiger partial charge on any atom is -0.507 e. The molecule has 1 heterocycles. The largest absolute Gasteiger partial charge is 0.507 e. The Morgan fingerprint density at radius 3 is 2.70 bits per heavy atom. The Kier molecular flexibility index (Phi) is 6.63. The maximum Gasteiger partial charge on any atom is 0.341 e. The molecule has 8 nitrogen and oxygen atoms in total. The number of aryl methyl sites for hydroxylation is 1. The number of nitrogens with zero attached hydrogens (tertiary/aromatic N) is 1. The van der Waals surface area contributed by atoms with E-state index in [9.17, 15) is 23.4 Å². The number of aliphatic hydroxyl groups excluding tert-OH is 1. The molecule has 2 rings (SSSR count). The summed E-state index contributed by atoms with van der Waals surface area (Å²) >= 11 is 5.88. The number of nitrogens with one attached hydrogen (secondary N) is 1. The Morgan fingerprint density at radius 2 is 2.07 bits per heavy atom. The first-order chi connectivity index (χ1) is 12.6. The summed E-state index contributed by atoms with van der Waals surface area (Å²) in [7, 11) is -2.96. The Morgan fingerprint density at radius 1 is 1.37 bits per heavy atom. The first-order valence-electron chi connectivity index (χ1n) is 7.90. The average molecular weight is 415 g/mol. The number of anilines is 1. The zero-order chi connectivity index (χ0) is 20.2. The molecule has 1 aromatic heterocycles. The van der Waals surface area contributed by atoms with Crippen molar-refractivity contribution in [2.75, 3.05) is 11.8 Å². The van der Waals surface area contributed by atoms with Gasteiger partial charge >= 0.3 is 5.97 Å². The fourth-order valence-corrected chi connectivity index (χ4v) is 3.58. The quantitative estimate of drug-likeness (QED) is 0.468. The van der Waals surface area contributed by atoms with Gasteiger partial charge in [-0.1, -0.05) is 11.6 Å². The van der Waals surface area contributed by atoms with Crippen LogP contribution in [0, 0.1) is 0 Å². The molecule has 0 fully saturated rings. The molecule has 1 aromatic carbocycles. The lowest BCUT2D eigenvalue weighted by atomic mass is 10.1. The van der Waals surface area contributed by atoms with Crippen LogP contribution in [0.25, 0.3) is 0 Å². The van der Waals surface area contributed by atoms with E-state index in [4.69, 9.17) is 11.6 Å². The highest BCUT2D eigenvalue weighted by Crippen LogP contribution is 2.26. The maximum absolute atomic E-state index is 12.7. The van der Waals surface area contributed by atoms with Gasteiger partial charge in [-0.2, -0.15) is 0 Å². The SMILES string of the molecule is COC(=O)c1cc(S(=O)(=O)Nc2cnc(Cl)cc2CC[C@@H](C)O)ccc1O. The van der Waals surface area contributed by atoms with E-state index in [1.807, 2.05) is 0 Å². The van der Waals surface area contributed by atoms with Gasteiger partial charge in [0.2, 0.25) is 0 Å². The number of hydrogen-bond donors (Lipinski definition) is 3. The standard InChI is InChI=1S/C17H19ClN2O6S/c1-10(21)3-4-11-7-16(18)19-9-14(11)20-27(24,25)12-5-6-15(22)13(8-12)17(23)26-2/h5-10,20-22H,3-4H2,1-2H3/t10-/m1/s1. The number of methoxy groups -OCH3 is 1. The number of halogens is 1. The lowest BCUT2D eigenvalue weighted by Gasteiger charge is -2.14. The summed E-state index contributed by atoms with van der Waals surface area (Å²) in [5, 5.41) is 19.4. The number of hydrogen-bond acceptors (Lipinski definition) is 7. The number of pyridine rings is 1. The van der Waals surface area contributed by atoms with Crippen LogP contribution < -0.4 is 4.72 Å². The summed E-state index contributed by atoms with van der Waals surface area (Å²) in [6, 6.07) is 4.78. The molecule has 146 valence electrons. The first kappa shape index (κ1) is 20.9. The molecule has 0 unspecified atom stereocenters. The van der Waals surface area contributed by atoms with Crippen LogP contribution in [0.15, 0.2) is 35.4 Å². The molecule has 0 spiro atoms. The predicted octanol–water partition coefficient (Wildman–Crippen LogP) is 2.34. The molecule has 1 atom stereocenters. The third-order valence-corrected chi connectivity index (χ3v) is 5.29. The number of aliphatic hydroxyl groups is 1. The topological polar surface area (TPSA) is 126 Å². The third-order valence-electron chi connectivity index (χ3n) is 3.72. The number of benzene rings is 1. The minimum atomic E-state index is -4.08. The Hall–Kier alpha value is -2.36. The smallest absolute Gasteiger partial charge is 0.341 e. The van der Waals surface area contributed by atoms with Gasteiger partial charge in [-0.25, -0.2) is 18.2 Å². The van der Waals surface area contributed by atoms with E-state index in [0.717, 1.165) is 25.3 Å². The van der Waals surface area contributed by atoms with E-state index in [2.05, 4.69) is 14.4 Å². The number of aromatic nitrogens is 1. The summed E-state index contributed by atoms with van der Waals surface area (Å²) < 4.78 is 32.3. The van der Waals surface area contributed by atoms with Gasteiger partial charge in [0.25, 0.3) is 10.0 Å². The van der Waals surface area contributed by atoms with E-state index in [0.29, 0.717) is 18.4 Å². The number of sulfonamides is 1. The zero-order valence-corrected chi connectivity index (χ0v) is 16.2. The van der Waals surface area contributed by atoms with Crippen LogP contribution in [0.3, 0.4) is 0 Å². The molecule has 0 radical (unpaired) electrons. The van der Waals surface area contributed by atoms with Gasteiger partial charge < -0.3 is 14.9 Å². The van der Waals surface area contributed by atoms with Crippen LogP contribution in [0.2, 0.25) is 5.15 Å². The minimum absolute atomic E-state index is 0.191. The Labute approximate surface area is 161 Å². The number of carbonyl (C=O) groups excluding carboxylic acids is 1. The van der Waals surface area contributed by atoms with Crippen molar-refractivity contribution in [2.24, 2.45) is 0 Å². The fourth-order valence-electron chi connectivity index (χ4n) is 2.29. The second-order valence-electron chi connectivity index (χ2n) is 5.83. The van der Waals surface area contributed by atoms with E-state index >= 15 is 0 Å². The molecule has 0 amide bonds. The number of rotatable bonds is 7. The zero-order valence-electron chi connectivity index (χ0n) is 14.6. The normalized spacial score (nSPS) is 12.4. The predicted molar refractivity (Wildman–Crippen MR) is 99.5 cm³/mol. The van der Waals surface area contributed by atoms with Crippen molar-refractivity contribution in [3.8, 4) is 5.75 Å². The van der Waals surface area contributed by atoms with Crippen molar-refractivity contribution in [3.05, 3.63) is 46.7 Å². The van der Waals surface area contributed by atoms with E-state index in [1.54, 1.807) is 6.92 Å². The highest BCUT2D eigenvalue weighted by molar-refractivity contribution is 7.92. The number of phenols is 1. The first-order valence-corrected chi connectivity index (χ1v) is 9.77. The molecule has 10 heteroatoms. The van der Waals surface area contributed by atoms with Crippen LogP contribution in [-0.2, 0) is 21.2 Å². The van der Waals surface area contributed by atoms with Crippen LogP contribution in [0.1, 0.15) is 29.3 Å². The summed E-state index contributed by atoms with van der Waals surface area (Å²) in [5.74, 6) is -1.26. The van der Waals surface area contributed by atoms with Gasteiger partial charge in [-0.05, 0) is 49.6 Å². The van der Waals surface area contributed by atoms with Gasteiger partial charge in [0, 0.05) is 0 Å². The van der Waals surface area contributed by atoms with Crippen LogP contribution in [0.4, 0.5) is 5.69 Å². The third kappa shape index (κ3) is 5.31. The molecular weight excluding hydrogens is 396 g/mol. The number of ether oxygens (including phenoxy) is 1. The van der Waals surface area contributed by atoms with Gasteiger partial charge in [0.1, 0.15) is 16.5 Å². The van der Waals surface area contributed by atoms with Crippen molar-refractivity contribution in [1.82, 2.24) is 4.98 Å². The van der Waals surface area contributed by atoms with Crippen molar-refractivity contribution in [3.63, 3.8) is 0 Å². The molecule has 0 aliphatic carbocycles. The molecule has 27 heavy (non-hydrogen) atoms. The average Bonchev–Trinajstić information content (AvgIpc) is 2.61. The van der Waals surface area contributed by atoms with Crippen LogP contribution in [0.5, 0.6) is 5.75 Å². The molecular formula is C17H19ClN2O6S. The number of phenolic OH excluding ortho intramolecular Hbond substituents is 1. The lowest BCUT2D eigenvalue weighted by Crippen LogP contribution is -2.16. The monoisotopic (exact) mass is 414 g/mol. The molecule has 0 bridgehead atoms. The van der Waals surface area contributed by atoms with E-state index in [-0.39, 0.29) is 21.3 Å². The van der Waals surface area contributed by atoms with Crippen LogP contribution >= 0.6 is 11.6 Å². The summed E-state index contributed by atoms with van der Waals surface area (Å²) in [6.07, 6.45) is 1.49. The van der Waals surface area contributed by atoms with Crippen molar-refractivity contribution >= 4 is 33.3 Å². The molecule has 0 saturated heterocycles. The number of carbonyl (C=O) groups is 1. The molecule has 2 aromatic rings. The van der Waals surface area contributed by atoms with Gasteiger partial charge in [0.15, 0.2) is 0 Å². The Bertz CT molecular complexity index is 946. The van der Waals surface area contributed by atoms with Crippen molar-refractivity contribution in [2.45, 2.75) is 30.8 Å². The van der Waals surface area contributed by atoms with Crippen LogP contribution in [-0.4, -0.2) is 42.8 Å². The lowest BCUT2D eigenvalue weighted by molar-refractivity contribution is 0.0597. The van der Waals surface area contributed by atoms with E-state index in [1.165, 1.54) is 12.3 Å². The molecule has 0 aliphatic heterocycles. The van der Waals surface area contributed by atoms with Gasteiger partial charge in [-0.15, -0.1) is 0 Å².